The van der Waals surface area contributed by atoms with Crippen LogP contribution in [-0.2, 0) is 0 Å². The van der Waals surface area contributed by atoms with Crippen molar-refractivity contribution in [3.8, 4) is 10.7 Å². The summed E-state index contributed by atoms with van der Waals surface area (Å²) in [6.45, 7) is 3.87. The molecule has 20 heavy (non-hydrogen) atoms. The summed E-state index contributed by atoms with van der Waals surface area (Å²) in [6, 6.07) is 4.52. The first kappa shape index (κ1) is 12.9. The lowest BCUT2D eigenvalue weighted by molar-refractivity contribution is 0.629. The molecule has 0 saturated carbocycles. The van der Waals surface area contributed by atoms with E-state index in [1.54, 1.807) is 24.5 Å². The molecule has 3 rings (SSSR count). The van der Waals surface area contributed by atoms with E-state index in [2.05, 4.69) is 20.3 Å². The molecule has 0 unspecified atom stereocenters. The molecule has 0 aliphatic rings. The smallest absolute Gasteiger partial charge is 0.174 e. The predicted molar refractivity (Wildman–Crippen MR) is 79.6 cm³/mol. The standard InChI is InChI=1S/C14H13FN4S/c1-7-12(20-8(2)17-7)14-18-11-6-9(15)4-5-10(11)13(16-3)19-14/h4-6H,1-3H3,(H,16,18,19). The fourth-order valence-electron chi connectivity index (χ4n) is 2.13. The first-order chi connectivity index (χ1) is 9.58. The maximum atomic E-state index is 13.4. The van der Waals surface area contributed by atoms with Gasteiger partial charge in [0.05, 0.1) is 21.1 Å². The largest absolute Gasteiger partial charge is 0.373 e. The van der Waals surface area contributed by atoms with Gasteiger partial charge >= 0.3 is 0 Å². The van der Waals surface area contributed by atoms with Gasteiger partial charge in [-0.25, -0.2) is 19.3 Å². The van der Waals surface area contributed by atoms with Gasteiger partial charge < -0.3 is 5.32 Å². The van der Waals surface area contributed by atoms with Crippen LogP contribution >= 0.6 is 11.3 Å². The van der Waals surface area contributed by atoms with Crippen molar-refractivity contribution in [1.82, 2.24) is 15.0 Å². The monoisotopic (exact) mass is 288 g/mol. The Morgan fingerprint density at radius 1 is 1.15 bits per heavy atom. The summed E-state index contributed by atoms with van der Waals surface area (Å²) < 4.78 is 13.4. The third-order valence-corrected chi connectivity index (χ3v) is 4.07. The number of nitrogens with zero attached hydrogens (tertiary/aromatic N) is 3. The van der Waals surface area contributed by atoms with Gasteiger partial charge in [0, 0.05) is 18.5 Å². The minimum atomic E-state index is -0.304. The SMILES string of the molecule is CNc1nc(-c2sc(C)nc2C)nc2cc(F)ccc12. The molecule has 1 aromatic carbocycles. The maximum absolute atomic E-state index is 13.4. The van der Waals surface area contributed by atoms with Gasteiger partial charge in [0.1, 0.15) is 11.6 Å². The van der Waals surface area contributed by atoms with Crippen LogP contribution in [0.4, 0.5) is 10.2 Å². The lowest BCUT2D eigenvalue weighted by atomic mass is 10.2. The molecule has 0 bridgehead atoms. The molecule has 2 aromatic heterocycles. The molecule has 0 atom stereocenters. The predicted octanol–water partition coefficient (Wildman–Crippen LogP) is 3.55. The summed E-state index contributed by atoms with van der Waals surface area (Å²) in [6.07, 6.45) is 0. The number of fused-ring (bicyclic) bond motifs is 1. The third-order valence-electron chi connectivity index (χ3n) is 3.00. The van der Waals surface area contributed by atoms with Crippen LogP contribution < -0.4 is 5.32 Å². The number of benzene rings is 1. The fourth-order valence-corrected chi connectivity index (χ4v) is 2.99. The molecule has 0 amide bonds. The molecule has 0 aliphatic carbocycles. The molecule has 2 heterocycles. The molecule has 3 aromatic rings. The Bertz CT molecular complexity index is 797. The maximum Gasteiger partial charge on any atom is 0.174 e. The lowest BCUT2D eigenvalue weighted by Gasteiger charge is -2.07. The highest BCUT2D eigenvalue weighted by atomic mass is 32.1. The van der Waals surface area contributed by atoms with Crippen LogP contribution in [0.3, 0.4) is 0 Å². The van der Waals surface area contributed by atoms with Gasteiger partial charge in [-0.3, -0.25) is 0 Å². The minimum Gasteiger partial charge on any atom is -0.373 e. The second-order valence-electron chi connectivity index (χ2n) is 4.45. The van der Waals surface area contributed by atoms with E-state index in [-0.39, 0.29) is 5.82 Å². The highest BCUT2D eigenvalue weighted by molar-refractivity contribution is 7.15. The van der Waals surface area contributed by atoms with E-state index in [4.69, 9.17) is 0 Å². The molecule has 0 spiro atoms. The number of hydrogen-bond acceptors (Lipinski definition) is 5. The second kappa shape index (κ2) is 4.79. The van der Waals surface area contributed by atoms with Crippen molar-refractivity contribution in [2.24, 2.45) is 0 Å². The second-order valence-corrected chi connectivity index (χ2v) is 5.66. The van der Waals surface area contributed by atoms with Crippen molar-refractivity contribution in [2.75, 3.05) is 12.4 Å². The number of halogens is 1. The Labute approximate surface area is 119 Å². The molecule has 0 radical (unpaired) electrons. The summed E-state index contributed by atoms with van der Waals surface area (Å²) in [5, 5.41) is 4.80. The zero-order chi connectivity index (χ0) is 14.3. The molecule has 102 valence electrons. The topological polar surface area (TPSA) is 50.7 Å². The molecule has 1 N–H and O–H groups in total. The van der Waals surface area contributed by atoms with Gasteiger partial charge in [-0.05, 0) is 26.0 Å². The van der Waals surface area contributed by atoms with Crippen molar-refractivity contribution in [3.05, 3.63) is 34.7 Å². The summed E-state index contributed by atoms with van der Waals surface area (Å²) in [4.78, 5) is 14.3. The van der Waals surface area contributed by atoms with Crippen LogP contribution in [-0.4, -0.2) is 22.0 Å². The minimum absolute atomic E-state index is 0.304. The first-order valence-electron chi connectivity index (χ1n) is 6.18. The average molecular weight is 288 g/mol. The summed E-state index contributed by atoms with van der Waals surface area (Å²) in [5.41, 5.74) is 1.48. The van der Waals surface area contributed by atoms with Gasteiger partial charge in [-0.15, -0.1) is 11.3 Å². The Morgan fingerprint density at radius 3 is 2.60 bits per heavy atom. The van der Waals surface area contributed by atoms with Crippen LogP contribution in [0.5, 0.6) is 0 Å². The number of rotatable bonds is 2. The Kier molecular flexibility index (Phi) is 3.10. The van der Waals surface area contributed by atoms with E-state index in [0.717, 1.165) is 21.0 Å². The van der Waals surface area contributed by atoms with Crippen LogP contribution in [0.1, 0.15) is 10.7 Å². The van der Waals surface area contributed by atoms with E-state index in [0.29, 0.717) is 17.2 Å². The molecule has 6 heteroatoms. The molecule has 4 nitrogen and oxygen atoms in total. The number of nitrogens with one attached hydrogen (secondary N) is 1. The Hall–Kier alpha value is -2.08. The summed E-state index contributed by atoms with van der Waals surface area (Å²) >= 11 is 1.54. The summed E-state index contributed by atoms with van der Waals surface area (Å²) in [7, 11) is 1.79. The van der Waals surface area contributed by atoms with Gasteiger partial charge in [0.25, 0.3) is 0 Å². The Balaban J connectivity index is 2.29. The van der Waals surface area contributed by atoms with Crippen LogP contribution in [0.2, 0.25) is 0 Å². The van der Waals surface area contributed by atoms with E-state index < -0.39 is 0 Å². The van der Waals surface area contributed by atoms with Crippen molar-refractivity contribution in [2.45, 2.75) is 13.8 Å². The zero-order valence-electron chi connectivity index (χ0n) is 11.4. The van der Waals surface area contributed by atoms with Gasteiger partial charge in [-0.2, -0.15) is 0 Å². The molecule has 0 aliphatic heterocycles. The number of anilines is 1. The summed E-state index contributed by atoms with van der Waals surface area (Å²) in [5.74, 6) is 0.965. The Morgan fingerprint density at radius 2 is 1.95 bits per heavy atom. The van der Waals surface area contributed by atoms with Gasteiger partial charge in [0.2, 0.25) is 0 Å². The molecule has 0 fully saturated rings. The first-order valence-corrected chi connectivity index (χ1v) is 6.99. The fraction of sp³-hybridized carbons (Fsp3) is 0.214. The van der Waals surface area contributed by atoms with E-state index in [9.17, 15) is 4.39 Å². The quantitative estimate of drug-likeness (QED) is 0.783. The zero-order valence-corrected chi connectivity index (χ0v) is 12.2. The highest BCUT2D eigenvalue weighted by Crippen LogP contribution is 2.30. The van der Waals surface area contributed by atoms with Crippen molar-refractivity contribution in [3.63, 3.8) is 0 Å². The van der Waals surface area contributed by atoms with E-state index in [1.807, 2.05) is 13.8 Å². The van der Waals surface area contributed by atoms with Crippen LogP contribution in [0.15, 0.2) is 18.2 Å². The number of aromatic nitrogens is 3. The van der Waals surface area contributed by atoms with Crippen molar-refractivity contribution >= 4 is 28.1 Å². The van der Waals surface area contributed by atoms with Crippen molar-refractivity contribution < 1.29 is 4.39 Å². The van der Waals surface area contributed by atoms with E-state index in [1.165, 1.54) is 12.1 Å². The lowest BCUT2D eigenvalue weighted by Crippen LogP contribution is -1.99. The number of aryl methyl sites for hydroxylation is 2. The van der Waals surface area contributed by atoms with Crippen molar-refractivity contribution in [1.29, 1.82) is 0 Å². The molecule has 0 saturated heterocycles. The van der Waals surface area contributed by atoms with Gasteiger partial charge in [-0.1, -0.05) is 0 Å². The normalized spacial score (nSPS) is 11.0. The van der Waals surface area contributed by atoms with E-state index >= 15 is 0 Å². The molecular formula is C14H13FN4S. The third kappa shape index (κ3) is 2.12. The number of hydrogen-bond donors (Lipinski definition) is 1. The van der Waals surface area contributed by atoms with Crippen LogP contribution in [0, 0.1) is 19.7 Å². The van der Waals surface area contributed by atoms with Crippen LogP contribution in [0.25, 0.3) is 21.6 Å². The molecular weight excluding hydrogens is 275 g/mol. The highest BCUT2D eigenvalue weighted by Gasteiger charge is 2.14. The van der Waals surface area contributed by atoms with Gasteiger partial charge in [0.15, 0.2) is 5.82 Å². The average Bonchev–Trinajstić information content (AvgIpc) is 2.76. The number of thiazole rings is 1.